The van der Waals surface area contributed by atoms with Gasteiger partial charge in [0.1, 0.15) is 0 Å². The molecular formula is C61H39N3. The minimum Gasteiger partial charge on any atom is -0.309 e. The molecule has 0 unspecified atom stereocenters. The molecule has 2 heterocycles. The number of nitrogens with zero attached hydrogens (tertiary/aromatic N) is 3. The van der Waals surface area contributed by atoms with Gasteiger partial charge in [-0.3, -0.25) is 0 Å². The summed E-state index contributed by atoms with van der Waals surface area (Å²) >= 11 is 0. The predicted octanol–water partition coefficient (Wildman–Crippen LogP) is 16.1. The molecule has 3 nitrogen and oxygen atoms in total. The lowest BCUT2D eigenvalue weighted by Gasteiger charge is -2.16. The van der Waals surface area contributed by atoms with Crippen LogP contribution in [0.2, 0.25) is 0 Å². The molecule has 64 heavy (non-hydrogen) atoms. The number of hydrogen-bond donors (Lipinski definition) is 0. The molecule has 0 aliphatic carbocycles. The maximum absolute atomic E-state index is 9.61. The molecule has 0 aliphatic heterocycles. The average Bonchev–Trinajstić information content (AvgIpc) is 3.89. The smallest absolute Gasteiger partial charge is 0.0991 e. The molecule has 0 N–H and O–H groups in total. The number of benzene rings is 10. The molecule has 0 fully saturated rings. The second-order valence-electron chi connectivity index (χ2n) is 16.4. The van der Waals surface area contributed by atoms with E-state index in [2.05, 4.69) is 240 Å². The Kier molecular flexibility index (Phi) is 8.88. The van der Waals surface area contributed by atoms with Crippen molar-refractivity contribution in [2.24, 2.45) is 0 Å². The van der Waals surface area contributed by atoms with Crippen molar-refractivity contribution >= 4 is 43.6 Å². The molecule has 0 aliphatic rings. The summed E-state index contributed by atoms with van der Waals surface area (Å²) in [6.45, 7) is 0. The lowest BCUT2D eigenvalue weighted by Crippen LogP contribution is -1.98. The minimum absolute atomic E-state index is 0.649. The van der Waals surface area contributed by atoms with Gasteiger partial charge in [0.25, 0.3) is 0 Å². The second kappa shape index (κ2) is 15.3. The summed E-state index contributed by atoms with van der Waals surface area (Å²) in [5.74, 6) is 0. The van der Waals surface area contributed by atoms with Crippen LogP contribution in [0.15, 0.2) is 237 Å². The van der Waals surface area contributed by atoms with Gasteiger partial charge in [0.2, 0.25) is 0 Å². The Morgan fingerprint density at radius 2 is 0.781 bits per heavy atom. The summed E-state index contributed by atoms with van der Waals surface area (Å²) in [4.78, 5) is 0. The van der Waals surface area contributed by atoms with Crippen molar-refractivity contribution in [3.63, 3.8) is 0 Å². The summed E-state index contributed by atoms with van der Waals surface area (Å²) in [6.07, 6.45) is 0. The zero-order chi connectivity index (χ0) is 42.6. The van der Waals surface area contributed by atoms with Crippen molar-refractivity contribution in [3.05, 3.63) is 242 Å². The monoisotopic (exact) mass is 813 g/mol. The third kappa shape index (κ3) is 6.20. The first-order valence-corrected chi connectivity index (χ1v) is 21.7. The minimum atomic E-state index is 0.649. The summed E-state index contributed by atoms with van der Waals surface area (Å²) in [5, 5.41) is 14.4. The molecule has 0 saturated carbocycles. The maximum Gasteiger partial charge on any atom is 0.0991 e. The number of para-hydroxylation sites is 1. The average molecular weight is 814 g/mol. The number of nitriles is 1. The molecule has 0 radical (unpaired) electrons. The molecule has 0 bridgehead atoms. The highest BCUT2D eigenvalue weighted by Gasteiger charge is 2.20. The fourth-order valence-corrected chi connectivity index (χ4v) is 9.73. The number of rotatable bonds is 7. The van der Waals surface area contributed by atoms with Crippen LogP contribution in [-0.2, 0) is 0 Å². The molecule has 0 spiro atoms. The van der Waals surface area contributed by atoms with Gasteiger partial charge in [0, 0.05) is 32.8 Å². The highest BCUT2D eigenvalue weighted by atomic mass is 15.0. The van der Waals surface area contributed by atoms with Crippen molar-refractivity contribution in [1.29, 1.82) is 5.26 Å². The van der Waals surface area contributed by atoms with Crippen molar-refractivity contribution in [3.8, 4) is 73.1 Å². The molecule has 10 aromatic carbocycles. The standard InChI is InChI=1S/C61H39N3/c62-40-41-23-25-46(26-24-41)51-20-12-22-60-61(51)55-39-49(31-36-59(55)63(60)50-32-27-44(28-33-50)42-13-4-1-5-14-42)48-30-35-58-54(38-48)52-19-10-11-21-56(52)64(58)57-34-29-47(43-15-6-2-7-16-43)37-53(57)45-17-8-3-9-18-45/h1-39H. The molecule has 3 heteroatoms. The second-order valence-corrected chi connectivity index (χ2v) is 16.4. The van der Waals surface area contributed by atoms with Gasteiger partial charge in [-0.15, -0.1) is 0 Å². The van der Waals surface area contributed by atoms with Crippen molar-refractivity contribution < 1.29 is 0 Å². The zero-order valence-electron chi connectivity index (χ0n) is 34.9. The first kappa shape index (κ1) is 37.1. The van der Waals surface area contributed by atoms with E-state index in [-0.39, 0.29) is 0 Å². The molecule has 2 aromatic heterocycles. The predicted molar refractivity (Wildman–Crippen MR) is 267 cm³/mol. The van der Waals surface area contributed by atoms with Crippen LogP contribution in [0, 0.1) is 11.3 Å². The third-order valence-electron chi connectivity index (χ3n) is 12.8. The Balaban J connectivity index is 1.04. The van der Waals surface area contributed by atoms with Gasteiger partial charge in [-0.1, -0.05) is 164 Å². The van der Waals surface area contributed by atoms with E-state index in [0.29, 0.717) is 5.56 Å². The molecule has 12 aromatic rings. The van der Waals surface area contributed by atoms with Crippen LogP contribution in [0.3, 0.4) is 0 Å². The summed E-state index contributed by atoms with van der Waals surface area (Å²) in [6, 6.07) is 87.1. The number of fused-ring (bicyclic) bond motifs is 6. The van der Waals surface area contributed by atoms with E-state index in [1.807, 2.05) is 12.1 Å². The van der Waals surface area contributed by atoms with E-state index < -0.39 is 0 Å². The highest BCUT2D eigenvalue weighted by Crippen LogP contribution is 2.43. The Hall–Kier alpha value is -8.71. The lowest BCUT2D eigenvalue weighted by atomic mass is 9.96. The third-order valence-corrected chi connectivity index (χ3v) is 12.8. The zero-order valence-corrected chi connectivity index (χ0v) is 34.9. The van der Waals surface area contributed by atoms with Gasteiger partial charge in [0.15, 0.2) is 0 Å². The molecule has 0 atom stereocenters. The normalized spacial score (nSPS) is 11.4. The van der Waals surface area contributed by atoms with E-state index in [1.165, 1.54) is 60.4 Å². The van der Waals surface area contributed by atoms with Crippen LogP contribution in [0.1, 0.15) is 5.56 Å². The Bertz CT molecular complexity index is 3740. The summed E-state index contributed by atoms with van der Waals surface area (Å²) < 4.78 is 4.83. The summed E-state index contributed by atoms with van der Waals surface area (Å²) in [7, 11) is 0. The highest BCUT2D eigenvalue weighted by molar-refractivity contribution is 6.17. The van der Waals surface area contributed by atoms with Gasteiger partial charge in [-0.05, 0) is 123 Å². The molecule has 12 rings (SSSR count). The van der Waals surface area contributed by atoms with E-state index in [1.54, 1.807) is 0 Å². The lowest BCUT2D eigenvalue weighted by molar-refractivity contribution is 1.18. The Morgan fingerprint density at radius 3 is 1.47 bits per heavy atom. The van der Waals surface area contributed by atoms with Gasteiger partial charge in [-0.25, -0.2) is 0 Å². The van der Waals surface area contributed by atoms with Gasteiger partial charge < -0.3 is 9.13 Å². The maximum atomic E-state index is 9.61. The molecule has 0 saturated heterocycles. The van der Waals surface area contributed by atoms with E-state index in [9.17, 15) is 5.26 Å². The largest absolute Gasteiger partial charge is 0.309 e. The van der Waals surface area contributed by atoms with Crippen LogP contribution >= 0.6 is 0 Å². The Labute approximate surface area is 371 Å². The van der Waals surface area contributed by atoms with Crippen LogP contribution < -0.4 is 0 Å². The molecule has 0 amide bonds. The Morgan fingerprint density at radius 1 is 0.297 bits per heavy atom. The van der Waals surface area contributed by atoms with Crippen LogP contribution in [0.4, 0.5) is 0 Å². The topological polar surface area (TPSA) is 33.6 Å². The van der Waals surface area contributed by atoms with Crippen LogP contribution in [0.25, 0.3) is 111 Å². The quantitative estimate of drug-likeness (QED) is 0.158. The van der Waals surface area contributed by atoms with Gasteiger partial charge >= 0.3 is 0 Å². The first-order valence-electron chi connectivity index (χ1n) is 21.7. The molecular weight excluding hydrogens is 775 g/mol. The fourth-order valence-electron chi connectivity index (χ4n) is 9.73. The van der Waals surface area contributed by atoms with Gasteiger partial charge in [-0.2, -0.15) is 5.26 Å². The summed E-state index contributed by atoms with van der Waals surface area (Å²) in [5.41, 5.74) is 19.1. The first-order chi connectivity index (χ1) is 31.7. The van der Waals surface area contributed by atoms with Crippen LogP contribution in [0.5, 0.6) is 0 Å². The van der Waals surface area contributed by atoms with Crippen LogP contribution in [-0.4, -0.2) is 9.13 Å². The SMILES string of the molecule is N#Cc1ccc(-c2cccc3c2c2cc(-c4ccc5c(c4)c4ccccc4n5-c4ccc(-c5ccccc5)cc4-c4ccccc4)ccc2n3-c2ccc(-c3ccccc3)cc2)cc1. The van der Waals surface area contributed by atoms with E-state index >= 15 is 0 Å². The van der Waals surface area contributed by atoms with E-state index in [0.717, 1.165) is 50.2 Å². The number of aromatic nitrogens is 2. The molecule has 298 valence electrons. The van der Waals surface area contributed by atoms with Crippen molar-refractivity contribution in [2.45, 2.75) is 0 Å². The fraction of sp³-hybridized carbons (Fsp3) is 0. The van der Waals surface area contributed by atoms with Gasteiger partial charge in [0.05, 0.1) is 39.4 Å². The number of hydrogen-bond acceptors (Lipinski definition) is 1. The van der Waals surface area contributed by atoms with Crippen molar-refractivity contribution in [2.75, 3.05) is 0 Å². The van der Waals surface area contributed by atoms with Crippen molar-refractivity contribution in [1.82, 2.24) is 9.13 Å². The van der Waals surface area contributed by atoms with E-state index in [4.69, 9.17) is 0 Å².